The summed E-state index contributed by atoms with van der Waals surface area (Å²) < 4.78 is 26.4. The summed E-state index contributed by atoms with van der Waals surface area (Å²) in [4.78, 5) is 5.45. The van der Waals surface area contributed by atoms with E-state index in [9.17, 15) is 13.5 Å². The van der Waals surface area contributed by atoms with Gasteiger partial charge >= 0.3 is 0 Å². The number of halogens is 1. The van der Waals surface area contributed by atoms with Crippen LogP contribution in [-0.2, 0) is 16.6 Å². The number of sulfonamides is 1. The van der Waals surface area contributed by atoms with Gasteiger partial charge in [0.25, 0.3) is 0 Å². The molecular formula is C17H23ClN4O3S2. The Bertz CT molecular complexity index is 867. The minimum atomic E-state index is -3.44. The first kappa shape index (κ1) is 21.6. The molecule has 1 atom stereocenters. The summed E-state index contributed by atoms with van der Waals surface area (Å²) in [6.45, 7) is 3.29. The van der Waals surface area contributed by atoms with Crippen LogP contribution in [0.1, 0.15) is 23.5 Å². The standard InChI is InChI=1S/C17H23ClN4O3S2/c1-3-20-17(22-11-14(23)15-8-9-16(18)26-15)21-10-12-4-6-13(7-5-12)27(24,25)19-2/h4-9,14,19,23H,3,10-11H2,1-2H3,(H2,20,21,22). The van der Waals surface area contributed by atoms with Crippen LogP contribution in [0.2, 0.25) is 4.34 Å². The van der Waals surface area contributed by atoms with E-state index in [1.54, 1.807) is 36.4 Å². The van der Waals surface area contributed by atoms with Gasteiger partial charge in [-0.3, -0.25) is 0 Å². The van der Waals surface area contributed by atoms with Crippen LogP contribution in [0.15, 0.2) is 46.3 Å². The Balaban J connectivity index is 1.98. The predicted octanol–water partition coefficient (Wildman–Crippen LogP) is 2.10. The molecule has 1 aromatic carbocycles. The molecule has 1 heterocycles. The SMILES string of the molecule is CCNC(=NCc1ccc(S(=O)(=O)NC)cc1)NCC(O)c1ccc(Cl)s1. The van der Waals surface area contributed by atoms with Crippen LogP contribution in [0.4, 0.5) is 0 Å². The quantitative estimate of drug-likeness (QED) is 0.379. The van der Waals surface area contributed by atoms with Crippen LogP contribution in [0.5, 0.6) is 0 Å². The van der Waals surface area contributed by atoms with Gasteiger partial charge in [0.15, 0.2) is 5.96 Å². The molecule has 148 valence electrons. The zero-order chi connectivity index (χ0) is 19.9. The number of aliphatic hydroxyl groups is 1. The third kappa shape index (κ3) is 6.47. The van der Waals surface area contributed by atoms with E-state index in [-0.39, 0.29) is 4.90 Å². The molecule has 7 nitrogen and oxygen atoms in total. The van der Waals surface area contributed by atoms with Gasteiger partial charge in [-0.15, -0.1) is 11.3 Å². The van der Waals surface area contributed by atoms with Crippen molar-refractivity contribution in [2.45, 2.75) is 24.5 Å². The molecule has 0 saturated carbocycles. The summed E-state index contributed by atoms with van der Waals surface area (Å²) >= 11 is 7.23. The molecule has 0 spiro atoms. The highest BCUT2D eigenvalue weighted by Crippen LogP contribution is 2.26. The van der Waals surface area contributed by atoms with E-state index in [1.165, 1.54) is 18.4 Å². The Labute approximate surface area is 168 Å². The molecule has 0 amide bonds. The third-order valence-corrected chi connectivity index (χ3v) is 6.41. The van der Waals surface area contributed by atoms with Gasteiger partial charge in [-0.25, -0.2) is 18.1 Å². The highest BCUT2D eigenvalue weighted by atomic mass is 35.5. The monoisotopic (exact) mass is 430 g/mol. The summed E-state index contributed by atoms with van der Waals surface area (Å²) in [5, 5.41) is 16.4. The number of nitrogens with zero attached hydrogens (tertiary/aromatic N) is 1. The van der Waals surface area contributed by atoms with Crippen molar-refractivity contribution in [1.82, 2.24) is 15.4 Å². The molecule has 0 aliphatic heterocycles. The van der Waals surface area contributed by atoms with Crippen LogP contribution in [0, 0.1) is 0 Å². The van der Waals surface area contributed by atoms with E-state index >= 15 is 0 Å². The maximum absolute atomic E-state index is 11.7. The third-order valence-electron chi connectivity index (χ3n) is 3.65. The second kappa shape index (κ2) is 10.0. The maximum Gasteiger partial charge on any atom is 0.240 e. The van der Waals surface area contributed by atoms with Gasteiger partial charge in [-0.2, -0.15) is 0 Å². The van der Waals surface area contributed by atoms with Crippen molar-refractivity contribution in [2.24, 2.45) is 4.99 Å². The summed E-state index contributed by atoms with van der Waals surface area (Å²) in [5.74, 6) is 0.561. The predicted molar refractivity (Wildman–Crippen MR) is 110 cm³/mol. The summed E-state index contributed by atoms with van der Waals surface area (Å²) in [6, 6.07) is 10.1. The summed E-state index contributed by atoms with van der Waals surface area (Å²) in [7, 11) is -2.07. The molecule has 27 heavy (non-hydrogen) atoms. The first-order valence-corrected chi connectivity index (χ1v) is 11.0. The van der Waals surface area contributed by atoms with Crippen LogP contribution >= 0.6 is 22.9 Å². The molecule has 0 radical (unpaired) electrons. The highest BCUT2D eigenvalue weighted by Gasteiger charge is 2.12. The van der Waals surface area contributed by atoms with Crippen molar-refractivity contribution >= 4 is 38.9 Å². The van der Waals surface area contributed by atoms with Crippen molar-refractivity contribution in [3.63, 3.8) is 0 Å². The molecule has 4 N–H and O–H groups in total. The lowest BCUT2D eigenvalue weighted by Crippen LogP contribution is -2.39. The Morgan fingerprint density at radius 3 is 2.48 bits per heavy atom. The molecule has 0 aliphatic carbocycles. The van der Waals surface area contributed by atoms with Crippen LogP contribution in [-0.4, -0.2) is 39.6 Å². The smallest absolute Gasteiger partial charge is 0.240 e. The molecule has 10 heteroatoms. The largest absolute Gasteiger partial charge is 0.386 e. The fourth-order valence-electron chi connectivity index (χ4n) is 2.21. The van der Waals surface area contributed by atoms with Gasteiger partial charge in [0.05, 0.1) is 15.8 Å². The van der Waals surface area contributed by atoms with Gasteiger partial charge in [0.1, 0.15) is 6.10 Å². The second-order valence-corrected chi connectivity index (χ2v) is 9.22. The lowest BCUT2D eigenvalue weighted by Gasteiger charge is -2.14. The number of hydrogen-bond acceptors (Lipinski definition) is 5. The Kier molecular flexibility index (Phi) is 8.06. The number of benzene rings is 1. The van der Waals surface area contributed by atoms with Crippen LogP contribution in [0.3, 0.4) is 0 Å². The van der Waals surface area contributed by atoms with Gasteiger partial charge in [0.2, 0.25) is 10.0 Å². The van der Waals surface area contributed by atoms with E-state index in [4.69, 9.17) is 11.6 Å². The summed E-state index contributed by atoms with van der Waals surface area (Å²) in [5.41, 5.74) is 0.868. The van der Waals surface area contributed by atoms with E-state index < -0.39 is 16.1 Å². The molecule has 1 unspecified atom stereocenters. The minimum Gasteiger partial charge on any atom is -0.386 e. The molecule has 1 aromatic heterocycles. The molecular weight excluding hydrogens is 408 g/mol. The van der Waals surface area contributed by atoms with E-state index in [1.807, 2.05) is 6.92 Å². The van der Waals surface area contributed by atoms with Crippen molar-refractivity contribution in [3.8, 4) is 0 Å². The molecule has 0 aliphatic rings. The minimum absolute atomic E-state index is 0.209. The summed E-state index contributed by atoms with van der Waals surface area (Å²) in [6.07, 6.45) is -0.683. The van der Waals surface area contributed by atoms with Gasteiger partial charge in [-0.1, -0.05) is 23.7 Å². The lowest BCUT2D eigenvalue weighted by molar-refractivity contribution is 0.184. The van der Waals surface area contributed by atoms with Gasteiger partial charge in [-0.05, 0) is 43.8 Å². The first-order valence-electron chi connectivity index (χ1n) is 8.33. The topological polar surface area (TPSA) is 103 Å². The first-order chi connectivity index (χ1) is 12.9. The Hall–Kier alpha value is -1.65. The van der Waals surface area contributed by atoms with E-state index in [0.29, 0.717) is 29.9 Å². The van der Waals surface area contributed by atoms with E-state index in [0.717, 1.165) is 10.4 Å². The number of thiophene rings is 1. The molecule has 0 bridgehead atoms. The van der Waals surface area contributed by atoms with Crippen molar-refractivity contribution in [1.29, 1.82) is 0 Å². The van der Waals surface area contributed by atoms with Gasteiger partial charge in [0, 0.05) is 18.0 Å². The number of aliphatic hydroxyl groups excluding tert-OH is 1. The van der Waals surface area contributed by atoms with Crippen LogP contribution in [0.25, 0.3) is 0 Å². The normalized spacial score (nSPS) is 13.4. The van der Waals surface area contributed by atoms with Crippen LogP contribution < -0.4 is 15.4 Å². The average Bonchev–Trinajstić information content (AvgIpc) is 3.10. The zero-order valence-corrected chi connectivity index (χ0v) is 17.5. The number of nitrogens with one attached hydrogen (secondary N) is 3. The molecule has 0 saturated heterocycles. The fraction of sp³-hybridized carbons (Fsp3) is 0.353. The molecule has 2 rings (SSSR count). The number of hydrogen-bond donors (Lipinski definition) is 4. The molecule has 2 aromatic rings. The molecule has 0 fully saturated rings. The van der Waals surface area contributed by atoms with E-state index in [2.05, 4.69) is 20.3 Å². The number of aliphatic imine (C=N–C) groups is 1. The zero-order valence-electron chi connectivity index (χ0n) is 15.1. The van der Waals surface area contributed by atoms with Gasteiger partial charge < -0.3 is 15.7 Å². The van der Waals surface area contributed by atoms with Crippen molar-refractivity contribution in [2.75, 3.05) is 20.1 Å². The number of rotatable bonds is 8. The fourth-order valence-corrected chi connectivity index (χ4v) is 3.98. The maximum atomic E-state index is 11.7. The van der Waals surface area contributed by atoms with Crippen molar-refractivity contribution in [3.05, 3.63) is 51.2 Å². The average molecular weight is 431 g/mol. The number of guanidine groups is 1. The van der Waals surface area contributed by atoms with Crippen molar-refractivity contribution < 1.29 is 13.5 Å². The highest BCUT2D eigenvalue weighted by molar-refractivity contribution is 7.89. The Morgan fingerprint density at radius 1 is 1.22 bits per heavy atom. The Morgan fingerprint density at radius 2 is 1.93 bits per heavy atom. The lowest BCUT2D eigenvalue weighted by atomic mass is 10.2. The second-order valence-electron chi connectivity index (χ2n) is 5.59.